The molecule has 0 aliphatic rings. The van der Waals surface area contributed by atoms with E-state index < -0.39 is 28.1 Å². The normalized spacial score (nSPS) is 12.1. The largest absolute Gasteiger partial charge is 0.495 e. The minimum absolute atomic E-state index is 0.00235. The van der Waals surface area contributed by atoms with Crippen LogP contribution in [0.2, 0.25) is 0 Å². The number of amides is 2. The van der Waals surface area contributed by atoms with Gasteiger partial charge in [-0.15, -0.1) is 0 Å². The van der Waals surface area contributed by atoms with E-state index in [1.54, 1.807) is 43.3 Å². The monoisotopic (exact) mass is 463 g/mol. The van der Waals surface area contributed by atoms with Gasteiger partial charge in [-0.25, -0.2) is 13.2 Å². The zero-order chi connectivity index (χ0) is 23.9. The Bertz CT molecular complexity index is 1070. The van der Waals surface area contributed by atoms with Crippen molar-refractivity contribution in [2.75, 3.05) is 24.3 Å². The van der Waals surface area contributed by atoms with E-state index >= 15 is 0 Å². The molecule has 0 heterocycles. The molecule has 2 amide bonds. The number of methoxy groups -OCH3 is 2. The van der Waals surface area contributed by atoms with Gasteiger partial charge in [0.15, 0.2) is 0 Å². The van der Waals surface area contributed by atoms with E-state index in [0.29, 0.717) is 23.4 Å². The van der Waals surface area contributed by atoms with Gasteiger partial charge in [-0.1, -0.05) is 32.0 Å². The van der Waals surface area contributed by atoms with Crippen LogP contribution < -0.4 is 20.1 Å². The van der Waals surface area contributed by atoms with Crippen LogP contribution in [0, 0.1) is 12.8 Å². The second-order valence-corrected chi connectivity index (χ2v) is 9.24. The first-order valence-corrected chi connectivity index (χ1v) is 11.5. The minimum Gasteiger partial charge on any atom is -0.495 e. The molecule has 174 valence electrons. The third-order valence-corrected chi connectivity index (χ3v) is 6.11. The predicted octanol–water partition coefficient (Wildman–Crippen LogP) is 3.51. The molecule has 2 aromatic carbocycles. The number of benzene rings is 2. The number of carbonyl (C=O) groups is 2. The number of alkyl carbamates (subject to hydrolysis) is 1. The second-order valence-electron chi connectivity index (χ2n) is 7.59. The van der Waals surface area contributed by atoms with Gasteiger partial charge in [0.1, 0.15) is 11.8 Å². The van der Waals surface area contributed by atoms with Crippen molar-refractivity contribution in [1.82, 2.24) is 5.32 Å². The van der Waals surface area contributed by atoms with Gasteiger partial charge in [0, 0.05) is 5.69 Å². The molecule has 0 saturated carbocycles. The van der Waals surface area contributed by atoms with E-state index in [9.17, 15) is 18.0 Å². The van der Waals surface area contributed by atoms with Crippen LogP contribution >= 0.6 is 0 Å². The summed E-state index contributed by atoms with van der Waals surface area (Å²) < 4.78 is 38.4. The molecule has 1 atom stereocenters. The zero-order valence-corrected chi connectivity index (χ0v) is 19.6. The van der Waals surface area contributed by atoms with E-state index in [4.69, 9.17) is 4.74 Å². The van der Waals surface area contributed by atoms with Gasteiger partial charge in [0.25, 0.3) is 10.0 Å². The fourth-order valence-electron chi connectivity index (χ4n) is 3.03. The van der Waals surface area contributed by atoms with Crippen LogP contribution in [-0.2, 0) is 19.6 Å². The predicted molar refractivity (Wildman–Crippen MR) is 122 cm³/mol. The summed E-state index contributed by atoms with van der Waals surface area (Å²) in [6.07, 6.45) is -0.341. The molecular weight excluding hydrogens is 434 g/mol. The summed E-state index contributed by atoms with van der Waals surface area (Å²) in [6, 6.07) is 10.4. The van der Waals surface area contributed by atoms with Gasteiger partial charge < -0.3 is 20.1 Å². The lowest BCUT2D eigenvalue weighted by Gasteiger charge is -2.20. The standard InChI is InChI=1S/C22H29N3O6S/c1-14(2)12-18(24-22(27)31-5)21(26)23-16-11-10-15(3)20(13-16)32(28,29)25-17-8-6-7-9-19(17)30-4/h6-11,13-14,18,25H,12H2,1-5H3,(H,23,26)(H,24,27). The molecule has 0 radical (unpaired) electrons. The van der Waals surface area contributed by atoms with Crippen LogP contribution in [0.3, 0.4) is 0 Å². The van der Waals surface area contributed by atoms with Gasteiger partial charge >= 0.3 is 6.09 Å². The molecule has 2 rings (SSSR count). The van der Waals surface area contributed by atoms with Gasteiger partial charge in [0.05, 0.1) is 24.8 Å². The second kappa shape index (κ2) is 10.9. The maximum absolute atomic E-state index is 13.0. The zero-order valence-electron chi connectivity index (χ0n) is 18.8. The van der Waals surface area contributed by atoms with Gasteiger partial charge in [-0.05, 0) is 49.1 Å². The van der Waals surface area contributed by atoms with Crippen molar-refractivity contribution in [2.45, 2.75) is 38.1 Å². The Balaban J connectivity index is 2.29. The van der Waals surface area contributed by atoms with Crippen LogP contribution in [0.4, 0.5) is 16.2 Å². The summed E-state index contributed by atoms with van der Waals surface area (Å²) in [6.45, 7) is 5.49. The van der Waals surface area contributed by atoms with Gasteiger partial charge in [-0.2, -0.15) is 0 Å². The van der Waals surface area contributed by atoms with Crippen molar-refractivity contribution < 1.29 is 27.5 Å². The lowest BCUT2D eigenvalue weighted by molar-refractivity contribution is -0.118. The number of nitrogens with one attached hydrogen (secondary N) is 3. The molecule has 0 saturated heterocycles. The third-order valence-electron chi connectivity index (χ3n) is 4.60. The summed E-state index contributed by atoms with van der Waals surface area (Å²) in [5.41, 5.74) is 1.07. The van der Waals surface area contributed by atoms with Crippen molar-refractivity contribution in [3.63, 3.8) is 0 Å². The van der Waals surface area contributed by atoms with E-state index in [1.807, 2.05) is 13.8 Å². The van der Waals surface area contributed by atoms with Crippen LogP contribution in [0.5, 0.6) is 5.75 Å². The first-order valence-electron chi connectivity index (χ1n) is 9.99. The number of hydrogen-bond donors (Lipinski definition) is 3. The molecule has 2 aromatic rings. The number of anilines is 2. The van der Waals surface area contributed by atoms with E-state index in [2.05, 4.69) is 20.1 Å². The van der Waals surface area contributed by atoms with Crippen molar-refractivity contribution in [2.24, 2.45) is 5.92 Å². The third kappa shape index (κ3) is 6.61. The van der Waals surface area contributed by atoms with E-state index in [0.717, 1.165) is 0 Å². The number of para-hydroxylation sites is 2. The first-order chi connectivity index (χ1) is 15.1. The van der Waals surface area contributed by atoms with Crippen molar-refractivity contribution in [3.05, 3.63) is 48.0 Å². The average molecular weight is 464 g/mol. The lowest BCUT2D eigenvalue weighted by Crippen LogP contribution is -2.44. The topological polar surface area (TPSA) is 123 Å². The van der Waals surface area contributed by atoms with Crippen molar-refractivity contribution in [3.8, 4) is 5.75 Å². The average Bonchev–Trinajstić information content (AvgIpc) is 2.74. The summed E-state index contributed by atoms with van der Waals surface area (Å²) in [5.74, 6) is 0.0273. The highest BCUT2D eigenvalue weighted by Gasteiger charge is 2.24. The first kappa shape index (κ1) is 25.0. The minimum atomic E-state index is -3.97. The van der Waals surface area contributed by atoms with Crippen LogP contribution in [-0.4, -0.2) is 40.7 Å². The molecule has 0 bridgehead atoms. The Morgan fingerprint density at radius 1 is 1.06 bits per heavy atom. The number of hydrogen-bond acceptors (Lipinski definition) is 6. The summed E-state index contributed by atoms with van der Waals surface area (Å²) in [5, 5.41) is 5.18. The number of ether oxygens (including phenoxy) is 2. The Morgan fingerprint density at radius 3 is 2.38 bits per heavy atom. The molecule has 9 nitrogen and oxygen atoms in total. The lowest BCUT2D eigenvalue weighted by atomic mass is 10.0. The number of sulfonamides is 1. The summed E-state index contributed by atoms with van der Waals surface area (Å²) in [4.78, 5) is 24.4. The molecule has 0 aliphatic carbocycles. The summed E-state index contributed by atoms with van der Waals surface area (Å²) in [7, 11) is -1.31. The van der Waals surface area contributed by atoms with E-state index in [-0.39, 0.29) is 16.5 Å². The summed E-state index contributed by atoms with van der Waals surface area (Å²) >= 11 is 0. The Morgan fingerprint density at radius 2 is 1.75 bits per heavy atom. The SMILES string of the molecule is COC(=O)NC(CC(C)C)C(=O)Nc1ccc(C)c(S(=O)(=O)Nc2ccccc2OC)c1. The highest BCUT2D eigenvalue weighted by atomic mass is 32.2. The molecule has 0 aromatic heterocycles. The van der Waals surface area contributed by atoms with Crippen molar-refractivity contribution in [1.29, 1.82) is 0 Å². The molecule has 1 unspecified atom stereocenters. The number of rotatable bonds is 9. The van der Waals surface area contributed by atoms with Gasteiger partial charge in [-0.3, -0.25) is 9.52 Å². The molecule has 0 aliphatic heterocycles. The van der Waals surface area contributed by atoms with E-state index in [1.165, 1.54) is 20.3 Å². The molecule has 0 spiro atoms. The Hall–Kier alpha value is -3.27. The molecule has 10 heteroatoms. The number of carbonyl (C=O) groups excluding carboxylic acids is 2. The number of aryl methyl sites for hydroxylation is 1. The maximum atomic E-state index is 13.0. The van der Waals surface area contributed by atoms with Crippen LogP contribution in [0.1, 0.15) is 25.8 Å². The quantitative estimate of drug-likeness (QED) is 0.523. The van der Waals surface area contributed by atoms with Crippen molar-refractivity contribution >= 4 is 33.4 Å². The Labute approximate surface area is 188 Å². The van der Waals surface area contributed by atoms with Crippen LogP contribution in [0.25, 0.3) is 0 Å². The highest BCUT2D eigenvalue weighted by molar-refractivity contribution is 7.92. The molecule has 3 N–H and O–H groups in total. The molecular formula is C22H29N3O6S. The maximum Gasteiger partial charge on any atom is 0.407 e. The molecule has 32 heavy (non-hydrogen) atoms. The van der Waals surface area contributed by atoms with Gasteiger partial charge in [0.2, 0.25) is 5.91 Å². The Kier molecular flexibility index (Phi) is 8.48. The smallest absolute Gasteiger partial charge is 0.407 e. The molecule has 0 fully saturated rings. The highest BCUT2D eigenvalue weighted by Crippen LogP contribution is 2.28. The van der Waals surface area contributed by atoms with Crippen LogP contribution in [0.15, 0.2) is 47.4 Å². The fraction of sp³-hybridized carbons (Fsp3) is 0.364. The fourth-order valence-corrected chi connectivity index (χ4v) is 4.37.